The van der Waals surface area contributed by atoms with Crippen LogP contribution in [-0.4, -0.2) is 45.2 Å². The lowest BCUT2D eigenvalue weighted by Crippen LogP contribution is -2.35. The third-order valence-corrected chi connectivity index (χ3v) is 8.69. The van der Waals surface area contributed by atoms with Gasteiger partial charge in [-0.3, -0.25) is 0 Å². The molecule has 1 unspecified atom stereocenters. The highest BCUT2D eigenvalue weighted by Gasteiger charge is 2.25. The normalized spacial score (nSPS) is 12.1. The van der Waals surface area contributed by atoms with Gasteiger partial charge in [0, 0.05) is 40.5 Å². The first-order chi connectivity index (χ1) is 25.6. The van der Waals surface area contributed by atoms with Crippen LogP contribution in [0.5, 0.6) is 23.0 Å². The average molecular weight is 719 g/mol. The summed E-state index contributed by atoms with van der Waals surface area (Å²) < 4.78 is 46.8. The van der Waals surface area contributed by atoms with E-state index in [1.165, 1.54) is 6.26 Å². The predicted molar refractivity (Wildman–Crippen MR) is 204 cm³/mol. The number of hydrogen-bond donors (Lipinski definition) is 0. The zero-order valence-corrected chi connectivity index (χ0v) is 30.4. The molecule has 0 N–H and O–H groups in total. The molecular weight excluding hydrogens is 676 g/mol. The van der Waals surface area contributed by atoms with Gasteiger partial charge < -0.3 is 37.3 Å². The zero-order valence-electron chi connectivity index (χ0n) is 30.4. The van der Waals surface area contributed by atoms with E-state index in [-0.39, 0.29) is 19.3 Å². The molecule has 0 amide bonds. The summed E-state index contributed by atoms with van der Waals surface area (Å²) in [6.45, 7) is 9.79. The van der Waals surface area contributed by atoms with Gasteiger partial charge in [-0.15, -0.1) is 0 Å². The van der Waals surface area contributed by atoms with E-state index in [2.05, 4.69) is 6.58 Å². The van der Waals surface area contributed by atoms with Crippen LogP contribution in [0.1, 0.15) is 27.2 Å². The van der Waals surface area contributed by atoms with Crippen molar-refractivity contribution in [3.63, 3.8) is 0 Å². The second kappa shape index (κ2) is 16.1. The third kappa shape index (κ3) is 8.73. The molecule has 0 aliphatic heterocycles. The molecule has 274 valence electrons. The molecule has 0 saturated heterocycles. The van der Waals surface area contributed by atoms with Gasteiger partial charge in [0.25, 0.3) is 0 Å². The monoisotopic (exact) mass is 718 g/mol. The minimum Gasteiger partial charge on any atom is -0.496 e. The fourth-order valence-corrected chi connectivity index (χ4v) is 6.32. The number of ether oxygens (including phenoxy) is 6. The Morgan fingerprint density at radius 3 is 1.60 bits per heavy atom. The molecule has 4 aromatic carbocycles. The van der Waals surface area contributed by atoms with Gasteiger partial charge in [-0.2, -0.15) is 0 Å². The Bertz CT molecular complexity index is 2190. The maximum absolute atomic E-state index is 13.0. The van der Waals surface area contributed by atoms with Crippen molar-refractivity contribution in [2.45, 2.75) is 45.0 Å². The SMILES string of the molecule is C=COC(C)(C)CC(C)OC(COc1ccc2cc(-c3ccccc3OC)c(=O)oc2c1)COc1ccc2cc(-c3ccccc3OC)c(=O)oc2c1. The molecule has 0 aliphatic carbocycles. The molecular formula is C43H42O10. The molecule has 0 fully saturated rings. The number of hydrogen-bond acceptors (Lipinski definition) is 10. The lowest BCUT2D eigenvalue weighted by molar-refractivity contribution is -0.0772. The highest BCUT2D eigenvalue weighted by Crippen LogP contribution is 2.32. The van der Waals surface area contributed by atoms with Crippen molar-refractivity contribution in [2.75, 3.05) is 27.4 Å². The first-order valence-corrected chi connectivity index (χ1v) is 17.2. The molecule has 1 atom stereocenters. The third-order valence-electron chi connectivity index (χ3n) is 8.69. The van der Waals surface area contributed by atoms with Crippen molar-refractivity contribution in [3.8, 4) is 45.3 Å². The maximum atomic E-state index is 13.0. The van der Waals surface area contributed by atoms with Crippen LogP contribution in [0.15, 0.2) is 128 Å². The number of para-hydroxylation sites is 2. The molecule has 0 spiro atoms. The van der Waals surface area contributed by atoms with E-state index in [9.17, 15) is 9.59 Å². The summed E-state index contributed by atoms with van der Waals surface area (Å²) in [7, 11) is 3.12. The number of fused-ring (bicyclic) bond motifs is 2. The Labute approximate surface area is 307 Å². The largest absolute Gasteiger partial charge is 0.496 e. The van der Waals surface area contributed by atoms with Crippen LogP contribution in [0, 0.1) is 0 Å². The first kappa shape index (κ1) is 36.8. The highest BCUT2D eigenvalue weighted by molar-refractivity contribution is 5.85. The summed E-state index contributed by atoms with van der Waals surface area (Å²) in [6.07, 6.45) is 1.22. The Kier molecular flexibility index (Phi) is 11.2. The van der Waals surface area contributed by atoms with Gasteiger partial charge in [-0.05, 0) is 69.3 Å². The summed E-state index contributed by atoms with van der Waals surface area (Å²) in [4.78, 5) is 26.1. The van der Waals surface area contributed by atoms with Crippen molar-refractivity contribution < 1.29 is 37.3 Å². The van der Waals surface area contributed by atoms with E-state index >= 15 is 0 Å². The lowest BCUT2D eigenvalue weighted by Gasteiger charge is -2.30. The van der Waals surface area contributed by atoms with Crippen LogP contribution < -0.4 is 30.2 Å². The molecule has 10 heteroatoms. The number of benzene rings is 4. The molecule has 2 aromatic heterocycles. The van der Waals surface area contributed by atoms with E-state index in [4.69, 9.17) is 37.3 Å². The standard InChI is InChI=1S/C43H42O10/c1-7-50-43(3,4)24-27(2)51-32(25-48-30-18-16-28-20-35(41(44)52-39(28)22-30)33-12-8-10-14-37(33)46-5)26-49-31-19-17-29-21-36(42(45)53-40(29)23-31)34-13-9-11-15-38(34)47-6/h7-23,27,32H,1,24-26H2,2-6H3. The molecule has 0 radical (unpaired) electrons. The highest BCUT2D eigenvalue weighted by atomic mass is 16.6. The van der Waals surface area contributed by atoms with Crippen molar-refractivity contribution in [1.82, 2.24) is 0 Å². The second-order valence-electron chi connectivity index (χ2n) is 13.1. The first-order valence-electron chi connectivity index (χ1n) is 17.2. The molecule has 0 bridgehead atoms. The summed E-state index contributed by atoms with van der Waals surface area (Å²) >= 11 is 0. The number of rotatable bonds is 16. The van der Waals surface area contributed by atoms with Gasteiger partial charge in [-0.1, -0.05) is 43.0 Å². The van der Waals surface area contributed by atoms with E-state index in [1.54, 1.807) is 62.8 Å². The van der Waals surface area contributed by atoms with Gasteiger partial charge in [0.2, 0.25) is 0 Å². The van der Waals surface area contributed by atoms with Crippen molar-refractivity contribution in [3.05, 3.63) is 131 Å². The van der Waals surface area contributed by atoms with E-state index in [0.717, 1.165) is 10.8 Å². The fraction of sp³-hybridized carbons (Fsp3) is 0.256. The minimum absolute atomic E-state index is 0.118. The Morgan fingerprint density at radius 1 is 0.679 bits per heavy atom. The molecule has 10 nitrogen and oxygen atoms in total. The van der Waals surface area contributed by atoms with Crippen LogP contribution in [0.25, 0.3) is 44.2 Å². The molecule has 6 aromatic rings. The van der Waals surface area contributed by atoms with E-state index in [0.29, 0.717) is 62.8 Å². The second-order valence-corrected chi connectivity index (χ2v) is 13.1. The molecule has 2 heterocycles. The number of methoxy groups -OCH3 is 2. The van der Waals surface area contributed by atoms with Gasteiger partial charge in [-0.25, -0.2) is 9.59 Å². The molecule has 0 aliphatic rings. The Balaban J connectivity index is 1.20. The Hall–Kier alpha value is -6.00. The lowest BCUT2D eigenvalue weighted by atomic mass is 10.0. The van der Waals surface area contributed by atoms with Gasteiger partial charge in [0.05, 0.1) is 37.7 Å². The summed E-state index contributed by atoms with van der Waals surface area (Å²) in [6, 6.07) is 28.8. The van der Waals surface area contributed by atoms with Gasteiger partial charge in [0.15, 0.2) is 0 Å². The van der Waals surface area contributed by atoms with Crippen LogP contribution in [-0.2, 0) is 9.47 Å². The van der Waals surface area contributed by atoms with Crippen LogP contribution in [0.4, 0.5) is 0 Å². The van der Waals surface area contributed by atoms with Gasteiger partial charge >= 0.3 is 11.3 Å². The van der Waals surface area contributed by atoms with Crippen LogP contribution in [0.2, 0.25) is 0 Å². The fourth-order valence-electron chi connectivity index (χ4n) is 6.32. The van der Waals surface area contributed by atoms with Crippen molar-refractivity contribution in [2.24, 2.45) is 0 Å². The predicted octanol–water partition coefficient (Wildman–Crippen LogP) is 8.81. The zero-order chi connectivity index (χ0) is 37.5. The minimum atomic E-state index is -0.532. The molecule has 6 rings (SSSR count). The summed E-state index contributed by atoms with van der Waals surface area (Å²) in [5.74, 6) is 2.13. The van der Waals surface area contributed by atoms with Crippen LogP contribution >= 0.6 is 0 Å². The summed E-state index contributed by atoms with van der Waals surface area (Å²) in [5.41, 5.74) is 1.35. The average Bonchev–Trinajstić information content (AvgIpc) is 3.14. The van der Waals surface area contributed by atoms with E-state index < -0.39 is 23.0 Å². The molecule has 53 heavy (non-hydrogen) atoms. The van der Waals surface area contributed by atoms with Gasteiger partial charge in [0.1, 0.15) is 59.1 Å². The quantitative estimate of drug-likeness (QED) is 0.0710. The topological polar surface area (TPSA) is 116 Å². The molecule has 0 saturated carbocycles. The smallest absolute Gasteiger partial charge is 0.344 e. The van der Waals surface area contributed by atoms with Crippen LogP contribution in [0.3, 0.4) is 0 Å². The van der Waals surface area contributed by atoms with E-state index in [1.807, 2.05) is 69.3 Å². The van der Waals surface area contributed by atoms with Crippen molar-refractivity contribution >= 4 is 21.9 Å². The van der Waals surface area contributed by atoms with Crippen molar-refractivity contribution in [1.29, 1.82) is 0 Å². The maximum Gasteiger partial charge on any atom is 0.344 e. The Morgan fingerprint density at radius 2 is 1.15 bits per heavy atom. The summed E-state index contributed by atoms with van der Waals surface area (Å²) in [5, 5.41) is 1.45.